The summed E-state index contributed by atoms with van der Waals surface area (Å²) in [5.41, 5.74) is 3.14. The molecule has 7 nitrogen and oxygen atoms in total. The molecule has 2 fully saturated rings. The van der Waals surface area contributed by atoms with Gasteiger partial charge < -0.3 is 24.1 Å². The average molecular weight is 413 g/mol. The third-order valence-corrected chi connectivity index (χ3v) is 5.59. The van der Waals surface area contributed by atoms with Gasteiger partial charge in [-0.25, -0.2) is 4.98 Å². The van der Waals surface area contributed by atoms with Crippen LogP contribution in [0.3, 0.4) is 0 Å². The Hall–Kier alpha value is -2.38. The van der Waals surface area contributed by atoms with Gasteiger partial charge in [0.05, 0.1) is 18.4 Å². The van der Waals surface area contributed by atoms with E-state index in [2.05, 4.69) is 41.2 Å². The zero-order chi connectivity index (χ0) is 20.8. The number of aromatic nitrogens is 1. The van der Waals surface area contributed by atoms with Gasteiger partial charge in [0.2, 0.25) is 5.89 Å². The second-order valence-electron chi connectivity index (χ2n) is 7.90. The van der Waals surface area contributed by atoms with Crippen LogP contribution in [0.15, 0.2) is 39.9 Å². The van der Waals surface area contributed by atoms with Crippen LogP contribution in [0.4, 0.5) is 0 Å². The number of rotatable bonds is 6. The van der Waals surface area contributed by atoms with Gasteiger partial charge >= 0.3 is 0 Å². The molecule has 3 heterocycles. The summed E-state index contributed by atoms with van der Waals surface area (Å²) in [7, 11) is 0. The zero-order valence-electron chi connectivity index (χ0n) is 18.0. The van der Waals surface area contributed by atoms with Crippen molar-refractivity contribution in [3.8, 4) is 11.5 Å². The number of aryl methyl sites for hydroxylation is 1. The number of hydrogen-bond acceptors (Lipinski definition) is 5. The minimum atomic E-state index is 0.123. The van der Waals surface area contributed by atoms with E-state index in [4.69, 9.17) is 18.9 Å². The number of guanidine groups is 1. The molecule has 1 aromatic heterocycles. The number of benzene rings is 1. The SMILES string of the molecule is CCNC(=NCCc1coc(-c2ccc(C)cc2)n1)N1CCOC(C2CCCO2)C1. The number of hydrogen-bond donors (Lipinski definition) is 1. The van der Waals surface area contributed by atoms with Crippen LogP contribution in [0.25, 0.3) is 11.5 Å². The largest absolute Gasteiger partial charge is 0.444 e. The van der Waals surface area contributed by atoms with Gasteiger partial charge in [-0.15, -0.1) is 0 Å². The molecule has 0 bridgehead atoms. The fourth-order valence-electron chi connectivity index (χ4n) is 3.94. The van der Waals surface area contributed by atoms with E-state index in [0.29, 0.717) is 19.0 Å². The highest BCUT2D eigenvalue weighted by molar-refractivity contribution is 5.80. The maximum atomic E-state index is 5.97. The van der Waals surface area contributed by atoms with Crippen LogP contribution in [0, 0.1) is 6.92 Å². The molecule has 2 atom stereocenters. The van der Waals surface area contributed by atoms with Gasteiger partial charge in [-0.1, -0.05) is 17.7 Å². The molecule has 0 spiro atoms. The predicted molar refractivity (Wildman–Crippen MR) is 117 cm³/mol. The molecule has 7 heteroatoms. The van der Waals surface area contributed by atoms with Gasteiger partial charge in [0.15, 0.2) is 5.96 Å². The Morgan fingerprint density at radius 3 is 2.80 bits per heavy atom. The Morgan fingerprint density at radius 1 is 1.20 bits per heavy atom. The van der Waals surface area contributed by atoms with Gasteiger partial charge in [-0.2, -0.15) is 0 Å². The maximum Gasteiger partial charge on any atom is 0.226 e. The summed E-state index contributed by atoms with van der Waals surface area (Å²) < 4.78 is 17.5. The molecule has 162 valence electrons. The van der Waals surface area contributed by atoms with Crippen LogP contribution in [-0.4, -0.2) is 67.4 Å². The Bertz CT molecular complexity index is 827. The molecule has 4 rings (SSSR count). The number of ether oxygens (including phenoxy) is 2. The molecular weight excluding hydrogens is 380 g/mol. The number of aliphatic imine (C=N–C) groups is 1. The van der Waals surface area contributed by atoms with E-state index in [0.717, 1.165) is 62.7 Å². The van der Waals surface area contributed by atoms with E-state index in [9.17, 15) is 0 Å². The van der Waals surface area contributed by atoms with Crippen molar-refractivity contribution < 1.29 is 13.9 Å². The molecule has 2 aromatic rings. The van der Waals surface area contributed by atoms with Crippen molar-refractivity contribution in [1.82, 2.24) is 15.2 Å². The second kappa shape index (κ2) is 10.1. The van der Waals surface area contributed by atoms with E-state index in [1.54, 1.807) is 6.26 Å². The summed E-state index contributed by atoms with van der Waals surface area (Å²) >= 11 is 0. The van der Waals surface area contributed by atoms with Crippen LogP contribution < -0.4 is 5.32 Å². The highest BCUT2D eigenvalue weighted by atomic mass is 16.5. The minimum absolute atomic E-state index is 0.123. The van der Waals surface area contributed by atoms with Crippen molar-refractivity contribution in [2.45, 2.75) is 45.3 Å². The Balaban J connectivity index is 1.35. The van der Waals surface area contributed by atoms with Crippen LogP contribution >= 0.6 is 0 Å². The van der Waals surface area contributed by atoms with E-state index < -0.39 is 0 Å². The number of morpholine rings is 1. The minimum Gasteiger partial charge on any atom is -0.444 e. The van der Waals surface area contributed by atoms with Crippen molar-refractivity contribution in [3.63, 3.8) is 0 Å². The first kappa shape index (κ1) is 20.9. The Morgan fingerprint density at radius 2 is 2.03 bits per heavy atom. The summed E-state index contributed by atoms with van der Waals surface area (Å²) in [6, 6.07) is 8.21. The van der Waals surface area contributed by atoms with Crippen LogP contribution in [-0.2, 0) is 15.9 Å². The highest BCUT2D eigenvalue weighted by Crippen LogP contribution is 2.21. The number of nitrogens with one attached hydrogen (secondary N) is 1. The summed E-state index contributed by atoms with van der Waals surface area (Å²) in [4.78, 5) is 11.8. The Labute approximate surface area is 178 Å². The van der Waals surface area contributed by atoms with Gasteiger partial charge in [0, 0.05) is 44.8 Å². The van der Waals surface area contributed by atoms with Crippen molar-refractivity contribution in [3.05, 3.63) is 41.8 Å². The topological polar surface area (TPSA) is 72.1 Å². The summed E-state index contributed by atoms with van der Waals surface area (Å²) in [6.45, 7) is 8.88. The van der Waals surface area contributed by atoms with Crippen LogP contribution in [0.1, 0.15) is 31.0 Å². The molecule has 1 aromatic carbocycles. The third kappa shape index (κ3) is 5.21. The van der Waals surface area contributed by atoms with Gasteiger partial charge in [0.25, 0.3) is 0 Å². The van der Waals surface area contributed by atoms with Crippen molar-refractivity contribution in [1.29, 1.82) is 0 Å². The first-order valence-corrected chi connectivity index (χ1v) is 11.0. The van der Waals surface area contributed by atoms with E-state index in [1.807, 2.05) is 12.1 Å². The lowest BCUT2D eigenvalue weighted by atomic mass is 10.1. The highest BCUT2D eigenvalue weighted by Gasteiger charge is 2.32. The molecular formula is C23H32N4O3. The fraction of sp³-hybridized carbons (Fsp3) is 0.565. The monoisotopic (exact) mass is 412 g/mol. The quantitative estimate of drug-likeness (QED) is 0.581. The van der Waals surface area contributed by atoms with Crippen LogP contribution in [0.5, 0.6) is 0 Å². The average Bonchev–Trinajstić information content (AvgIpc) is 3.46. The van der Waals surface area contributed by atoms with Gasteiger partial charge in [-0.3, -0.25) is 4.99 Å². The predicted octanol–water partition coefficient (Wildman–Crippen LogP) is 3.04. The smallest absolute Gasteiger partial charge is 0.226 e. The number of nitrogens with zero attached hydrogens (tertiary/aromatic N) is 3. The van der Waals surface area contributed by atoms with E-state index in [-0.39, 0.29) is 12.2 Å². The summed E-state index contributed by atoms with van der Waals surface area (Å²) in [6.07, 6.45) is 5.02. The molecule has 30 heavy (non-hydrogen) atoms. The second-order valence-corrected chi connectivity index (χ2v) is 7.90. The number of oxazole rings is 1. The summed E-state index contributed by atoms with van der Waals surface area (Å²) in [5, 5.41) is 3.42. The standard InChI is InChI=1S/C23H32N4O3/c1-3-24-23(27-12-14-29-21(15-27)20-5-4-13-28-20)25-11-10-19-16-30-22(26-19)18-8-6-17(2)7-9-18/h6-9,16,20-21H,3-5,10-15H2,1-2H3,(H,24,25). The van der Waals surface area contributed by atoms with Crippen molar-refractivity contribution in [2.75, 3.05) is 39.4 Å². The third-order valence-electron chi connectivity index (χ3n) is 5.59. The molecule has 0 saturated carbocycles. The van der Waals surface area contributed by atoms with E-state index >= 15 is 0 Å². The van der Waals surface area contributed by atoms with E-state index in [1.165, 1.54) is 5.56 Å². The normalized spacial score (nSPS) is 22.5. The van der Waals surface area contributed by atoms with Crippen molar-refractivity contribution >= 4 is 5.96 Å². The molecule has 2 saturated heterocycles. The fourth-order valence-corrected chi connectivity index (χ4v) is 3.94. The first-order chi connectivity index (χ1) is 14.7. The maximum absolute atomic E-state index is 5.97. The molecule has 0 amide bonds. The molecule has 2 unspecified atom stereocenters. The lowest BCUT2D eigenvalue weighted by Crippen LogP contribution is -2.53. The van der Waals surface area contributed by atoms with Gasteiger partial charge in [-0.05, 0) is 38.8 Å². The lowest BCUT2D eigenvalue weighted by molar-refractivity contribution is -0.0817. The zero-order valence-corrected chi connectivity index (χ0v) is 18.0. The molecule has 1 N–H and O–H groups in total. The van der Waals surface area contributed by atoms with Gasteiger partial charge in [0.1, 0.15) is 12.4 Å². The molecule has 2 aliphatic heterocycles. The van der Waals surface area contributed by atoms with Crippen LogP contribution in [0.2, 0.25) is 0 Å². The first-order valence-electron chi connectivity index (χ1n) is 11.0. The molecule has 0 radical (unpaired) electrons. The molecule has 0 aliphatic carbocycles. The lowest BCUT2D eigenvalue weighted by Gasteiger charge is -2.37. The Kier molecular flexibility index (Phi) is 7.02. The molecule has 2 aliphatic rings. The van der Waals surface area contributed by atoms with Crippen molar-refractivity contribution in [2.24, 2.45) is 4.99 Å². The summed E-state index contributed by atoms with van der Waals surface area (Å²) in [5.74, 6) is 1.60.